The molecule has 0 aliphatic carbocycles. The first kappa shape index (κ1) is 18.3. The molecule has 4 heterocycles. The van der Waals surface area contributed by atoms with Crippen molar-refractivity contribution >= 4 is 40.2 Å². The lowest BCUT2D eigenvalue weighted by Gasteiger charge is -2.19. The summed E-state index contributed by atoms with van der Waals surface area (Å²) in [4.78, 5) is 21.9. The summed E-state index contributed by atoms with van der Waals surface area (Å²) in [7, 11) is 0. The number of nitrogens with one attached hydrogen (secondary N) is 1. The number of hydrogen-bond acceptors (Lipinski definition) is 6. The second-order valence-corrected chi connectivity index (χ2v) is 7.06. The highest BCUT2D eigenvalue weighted by Crippen LogP contribution is 2.29. The van der Waals surface area contributed by atoms with E-state index >= 15 is 0 Å². The lowest BCUT2D eigenvalue weighted by Crippen LogP contribution is -2.22. The SMILES string of the molecule is Fc1cnccc1C1=CC2=NC(Nc3ccc(Cl)cc3)=NC2N=C1c1cccnc1. The van der Waals surface area contributed by atoms with E-state index in [0.717, 1.165) is 11.3 Å². The second kappa shape index (κ2) is 7.61. The molecular formula is C22H14ClFN6. The number of guanidine groups is 1. The van der Waals surface area contributed by atoms with Gasteiger partial charge in [0.15, 0.2) is 6.17 Å². The van der Waals surface area contributed by atoms with Crippen molar-refractivity contribution in [3.63, 3.8) is 0 Å². The first-order valence-electron chi connectivity index (χ1n) is 9.16. The first-order valence-corrected chi connectivity index (χ1v) is 9.54. The molecule has 3 aromatic rings. The number of halogens is 2. The molecular weight excluding hydrogens is 403 g/mol. The van der Waals surface area contributed by atoms with Gasteiger partial charge in [-0.25, -0.2) is 14.4 Å². The number of benzene rings is 1. The molecule has 0 fully saturated rings. The number of nitrogens with zero attached hydrogens (tertiary/aromatic N) is 5. The van der Waals surface area contributed by atoms with Crippen LogP contribution in [0.25, 0.3) is 5.57 Å². The summed E-state index contributed by atoms with van der Waals surface area (Å²) < 4.78 is 14.5. The summed E-state index contributed by atoms with van der Waals surface area (Å²) in [6.07, 6.45) is 7.41. The van der Waals surface area contributed by atoms with Crippen molar-refractivity contribution in [3.05, 3.63) is 95.3 Å². The number of rotatable bonds is 3. The highest BCUT2D eigenvalue weighted by Gasteiger charge is 2.29. The van der Waals surface area contributed by atoms with Gasteiger partial charge in [0.05, 0.1) is 17.6 Å². The van der Waals surface area contributed by atoms with Crippen LogP contribution < -0.4 is 5.32 Å². The molecule has 1 aromatic carbocycles. The summed E-state index contributed by atoms with van der Waals surface area (Å²) in [6, 6.07) is 12.6. The molecule has 146 valence electrons. The maximum absolute atomic E-state index is 14.5. The zero-order valence-electron chi connectivity index (χ0n) is 15.5. The maximum atomic E-state index is 14.5. The van der Waals surface area contributed by atoms with Crippen molar-refractivity contribution in [2.75, 3.05) is 5.32 Å². The van der Waals surface area contributed by atoms with E-state index in [-0.39, 0.29) is 0 Å². The van der Waals surface area contributed by atoms with Crippen LogP contribution in [0.3, 0.4) is 0 Å². The minimum absolute atomic E-state index is 0.396. The average Bonchev–Trinajstić information content (AvgIpc) is 3.17. The zero-order valence-corrected chi connectivity index (χ0v) is 16.3. The fourth-order valence-corrected chi connectivity index (χ4v) is 3.38. The Kier molecular flexibility index (Phi) is 4.65. The van der Waals surface area contributed by atoms with E-state index in [0.29, 0.717) is 33.5 Å². The molecule has 2 aliphatic heterocycles. The van der Waals surface area contributed by atoms with Crippen molar-refractivity contribution in [1.29, 1.82) is 0 Å². The highest BCUT2D eigenvalue weighted by molar-refractivity contribution is 6.38. The van der Waals surface area contributed by atoms with Gasteiger partial charge in [-0.3, -0.25) is 15.0 Å². The lowest BCUT2D eigenvalue weighted by molar-refractivity contribution is 0.618. The third-order valence-electron chi connectivity index (χ3n) is 4.64. The van der Waals surface area contributed by atoms with Crippen molar-refractivity contribution in [2.24, 2.45) is 15.0 Å². The third kappa shape index (κ3) is 3.51. The van der Waals surface area contributed by atoms with Crippen LogP contribution in [0.5, 0.6) is 0 Å². The molecule has 2 aromatic heterocycles. The van der Waals surface area contributed by atoms with Crippen molar-refractivity contribution in [3.8, 4) is 0 Å². The van der Waals surface area contributed by atoms with Crippen LogP contribution in [-0.4, -0.2) is 33.5 Å². The summed E-state index contributed by atoms with van der Waals surface area (Å²) in [6.45, 7) is 0. The fourth-order valence-electron chi connectivity index (χ4n) is 3.26. The predicted octanol–water partition coefficient (Wildman–Crippen LogP) is 4.40. The number of dihydropyridines is 1. The van der Waals surface area contributed by atoms with E-state index in [4.69, 9.17) is 16.6 Å². The topological polar surface area (TPSA) is 74.9 Å². The van der Waals surface area contributed by atoms with E-state index in [1.54, 1.807) is 36.8 Å². The number of aliphatic imine (C=N–C) groups is 3. The smallest absolute Gasteiger partial charge is 0.225 e. The molecule has 2 aliphatic rings. The van der Waals surface area contributed by atoms with Gasteiger partial charge in [0.1, 0.15) is 5.82 Å². The summed E-state index contributed by atoms with van der Waals surface area (Å²) in [5.74, 6) is -0.00266. The van der Waals surface area contributed by atoms with Crippen molar-refractivity contribution in [2.45, 2.75) is 6.17 Å². The molecule has 0 saturated carbocycles. The second-order valence-electron chi connectivity index (χ2n) is 6.63. The molecule has 0 bridgehead atoms. The number of fused-ring (bicyclic) bond motifs is 1. The van der Waals surface area contributed by atoms with Crippen LogP contribution in [0, 0.1) is 5.82 Å². The molecule has 1 unspecified atom stereocenters. The summed E-state index contributed by atoms with van der Waals surface area (Å²) in [5.41, 5.74) is 3.82. The van der Waals surface area contributed by atoms with Gasteiger partial charge in [-0.2, -0.15) is 0 Å². The van der Waals surface area contributed by atoms with Crippen LogP contribution in [0.15, 0.2) is 88.3 Å². The van der Waals surface area contributed by atoms with Crippen LogP contribution in [0.4, 0.5) is 10.1 Å². The van der Waals surface area contributed by atoms with Crippen molar-refractivity contribution in [1.82, 2.24) is 9.97 Å². The van der Waals surface area contributed by atoms with Gasteiger partial charge in [0, 0.05) is 46.0 Å². The normalized spacial score (nSPS) is 17.5. The van der Waals surface area contributed by atoms with Gasteiger partial charge in [0.2, 0.25) is 5.96 Å². The lowest BCUT2D eigenvalue weighted by atomic mass is 9.93. The van der Waals surface area contributed by atoms with Crippen LogP contribution in [0.2, 0.25) is 5.02 Å². The number of aromatic nitrogens is 2. The van der Waals surface area contributed by atoms with Gasteiger partial charge >= 0.3 is 0 Å². The van der Waals surface area contributed by atoms with Gasteiger partial charge in [-0.1, -0.05) is 11.6 Å². The Morgan fingerprint density at radius 2 is 1.77 bits per heavy atom. The Balaban J connectivity index is 1.55. The van der Waals surface area contributed by atoms with E-state index < -0.39 is 12.0 Å². The molecule has 1 atom stereocenters. The minimum atomic E-state index is -0.511. The van der Waals surface area contributed by atoms with Gasteiger partial charge in [0.25, 0.3) is 0 Å². The molecule has 30 heavy (non-hydrogen) atoms. The van der Waals surface area contributed by atoms with E-state index in [1.807, 2.05) is 30.3 Å². The fraction of sp³-hybridized carbons (Fsp3) is 0.0455. The molecule has 5 rings (SSSR count). The van der Waals surface area contributed by atoms with E-state index in [1.165, 1.54) is 6.20 Å². The number of allylic oxidation sites excluding steroid dienone is 1. The number of pyridine rings is 2. The standard InChI is InChI=1S/C22H14ClFN6/c23-14-3-5-15(6-4-14)27-22-28-19-10-17(16-7-9-26-12-18(16)24)20(29-21(19)30-22)13-2-1-8-25-11-13/h1-12,21H,(H,27,30). The van der Waals surface area contributed by atoms with Gasteiger partial charge in [-0.15, -0.1) is 0 Å². The average molecular weight is 417 g/mol. The highest BCUT2D eigenvalue weighted by atomic mass is 35.5. The van der Waals surface area contributed by atoms with E-state index in [9.17, 15) is 4.39 Å². The zero-order chi connectivity index (χ0) is 20.5. The molecule has 0 spiro atoms. The Morgan fingerprint density at radius 1 is 0.933 bits per heavy atom. The Hall–Kier alpha value is -3.71. The minimum Gasteiger partial charge on any atom is -0.324 e. The van der Waals surface area contributed by atoms with Crippen LogP contribution in [0.1, 0.15) is 11.1 Å². The molecule has 0 saturated heterocycles. The maximum Gasteiger partial charge on any atom is 0.225 e. The molecule has 0 radical (unpaired) electrons. The van der Waals surface area contributed by atoms with Crippen molar-refractivity contribution < 1.29 is 4.39 Å². The molecule has 8 heteroatoms. The monoisotopic (exact) mass is 416 g/mol. The van der Waals surface area contributed by atoms with Gasteiger partial charge in [-0.05, 0) is 48.5 Å². The molecule has 6 nitrogen and oxygen atoms in total. The van der Waals surface area contributed by atoms with Crippen LogP contribution in [-0.2, 0) is 0 Å². The first-order chi connectivity index (χ1) is 14.7. The molecule has 1 N–H and O–H groups in total. The summed E-state index contributed by atoms with van der Waals surface area (Å²) >= 11 is 5.94. The van der Waals surface area contributed by atoms with Crippen LogP contribution >= 0.6 is 11.6 Å². The number of anilines is 1. The Bertz CT molecular complexity index is 1230. The Morgan fingerprint density at radius 3 is 2.53 bits per heavy atom. The largest absolute Gasteiger partial charge is 0.324 e. The predicted molar refractivity (Wildman–Crippen MR) is 117 cm³/mol. The Labute approximate surface area is 176 Å². The van der Waals surface area contributed by atoms with E-state index in [2.05, 4.69) is 25.3 Å². The number of hydrogen-bond donors (Lipinski definition) is 1. The third-order valence-corrected chi connectivity index (χ3v) is 4.89. The quantitative estimate of drug-likeness (QED) is 0.687. The summed E-state index contributed by atoms with van der Waals surface area (Å²) in [5, 5.41) is 3.80. The molecule has 0 amide bonds. The van der Waals surface area contributed by atoms with Gasteiger partial charge < -0.3 is 5.32 Å².